The molecule has 1 N–H and O–H groups in total. The Morgan fingerprint density at radius 1 is 0.939 bits per heavy atom. The highest BCUT2D eigenvalue weighted by Gasteiger charge is 2.37. The van der Waals surface area contributed by atoms with E-state index in [2.05, 4.69) is 67.8 Å². The van der Waals surface area contributed by atoms with Crippen molar-refractivity contribution in [2.45, 2.75) is 70.6 Å². The van der Waals surface area contributed by atoms with Crippen molar-refractivity contribution in [1.29, 1.82) is 0 Å². The van der Waals surface area contributed by atoms with E-state index in [4.69, 9.17) is 14.8 Å². The first kappa shape index (κ1) is 24.0. The number of benzene rings is 1. The zero-order chi connectivity index (χ0) is 23.6. The van der Waals surface area contributed by atoms with Crippen molar-refractivity contribution in [3.63, 3.8) is 0 Å². The van der Waals surface area contributed by atoms with Gasteiger partial charge in [0.25, 0.3) is 0 Å². The number of hydrogen-bond acceptors (Lipinski definition) is 5. The highest BCUT2D eigenvalue weighted by Crippen LogP contribution is 2.47. The molecule has 4 rings (SSSR count). The summed E-state index contributed by atoms with van der Waals surface area (Å²) in [6, 6.07) is 11.1. The number of hydrogen-bond donors (Lipinski definition) is 1. The molecule has 0 saturated carbocycles. The number of unbranched alkanes of at least 4 members (excludes halogenated alkanes) is 2. The minimum Gasteiger partial charge on any atom is -0.494 e. The first-order chi connectivity index (χ1) is 15.7. The van der Waals surface area contributed by atoms with Gasteiger partial charge in [-0.2, -0.15) is 0 Å². The molecular formula is C28H41N3O2. The summed E-state index contributed by atoms with van der Waals surface area (Å²) in [7, 11) is 1.73. The molecule has 1 aliphatic carbocycles. The van der Waals surface area contributed by atoms with Gasteiger partial charge in [-0.3, -0.25) is 4.90 Å². The average molecular weight is 452 g/mol. The Morgan fingerprint density at radius 3 is 2.42 bits per heavy atom. The number of aliphatic hydroxyl groups is 1. The first-order valence-corrected chi connectivity index (χ1v) is 12.5. The van der Waals surface area contributed by atoms with E-state index in [1.807, 2.05) is 0 Å². The van der Waals surface area contributed by atoms with E-state index < -0.39 is 0 Å². The molecule has 0 bridgehead atoms. The number of rotatable bonds is 8. The van der Waals surface area contributed by atoms with Gasteiger partial charge in [-0.15, -0.1) is 0 Å². The molecule has 0 unspecified atom stereocenters. The molecule has 1 aromatic carbocycles. The van der Waals surface area contributed by atoms with Crippen LogP contribution in [0.3, 0.4) is 0 Å². The molecule has 0 spiro atoms. The van der Waals surface area contributed by atoms with Gasteiger partial charge in [0.1, 0.15) is 17.3 Å². The third-order valence-electron chi connectivity index (χ3n) is 7.70. The third-order valence-corrected chi connectivity index (χ3v) is 7.70. The van der Waals surface area contributed by atoms with Crippen LogP contribution in [0, 0.1) is 0 Å². The third kappa shape index (κ3) is 5.04. The molecule has 1 aromatic heterocycles. The largest absolute Gasteiger partial charge is 0.494 e. The second kappa shape index (κ2) is 9.63. The highest BCUT2D eigenvalue weighted by molar-refractivity contribution is 5.70. The number of anilines is 1. The Bertz CT molecular complexity index is 970. The van der Waals surface area contributed by atoms with Crippen LogP contribution in [0.4, 0.5) is 5.82 Å². The molecule has 0 radical (unpaired) electrons. The lowest BCUT2D eigenvalue weighted by atomic mass is 9.63. The Morgan fingerprint density at radius 2 is 1.70 bits per heavy atom. The average Bonchev–Trinajstić information content (AvgIpc) is 3.28. The molecule has 1 saturated heterocycles. The molecule has 2 aliphatic rings. The second-order valence-electron chi connectivity index (χ2n) is 11.1. The van der Waals surface area contributed by atoms with Gasteiger partial charge in [-0.05, 0) is 78.8 Å². The summed E-state index contributed by atoms with van der Waals surface area (Å²) in [5.74, 6) is 1.84. The van der Waals surface area contributed by atoms with Crippen LogP contribution in [0.1, 0.15) is 70.9 Å². The number of ether oxygens (including phenoxy) is 1. The van der Waals surface area contributed by atoms with Gasteiger partial charge in [0.15, 0.2) is 0 Å². The Kier molecular flexibility index (Phi) is 7.01. The van der Waals surface area contributed by atoms with Crippen molar-refractivity contribution in [3.05, 3.63) is 41.5 Å². The quantitative estimate of drug-likeness (QED) is 0.549. The van der Waals surface area contributed by atoms with Gasteiger partial charge >= 0.3 is 0 Å². The second-order valence-corrected chi connectivity index (χ2v) is 11.1. The van der Waals surface area contributed by atoms with Gasteiger partial charge in [-0.25, -0.2) is 4.98 Å². The van der Waals surface area contributed by atoms with E-state index in [0.29, 0.717) is 6.61 Å². The maximum absolute atomic E-state index is 8.99. The fourth-order valence-electron chi connectivity index (χ4n) is 5.36. The predicted octanol–water partition coefficient (Wildman–Crippen LogP) is 5.35. The molecule has 0 atom stereocenters. The molecular weight excluding hydrogens is 410 g/mol. The van der Waals surface area contributed by atoms with Gasteiger partial charge in [-0.1, -0.05) is 39.8 Å². The smallest absolute Gasteiger partial charge is 0.145 e. The number of pyridine rings is 1. The summed E-state index contributed by atoms with van der Waals surface area (Å²) in [6.07, 6.45) is 5.54. The summed E-state index contributed by atoms with van der Waals surface area (Å²) < 4.78 is 5.74. The highest BCUT2D eigenvalue weighted by atomic mass is 16.5. The van der Waals surface area contributed by atoms with E-state index in [1.165, 1.54) is 24.0 Å². The van der Waals surface area contributed by atoms with E-state index in [0.717, 1.165) is 68.4 Å². The van der Waals surface area contributed by atoms with Crippen LogP contribution in [-0.4, -0.2) is 55.0 Å². The molecule has 1 aliphatic heterocycles. The van der Waals surface area contributed by atoms with Crippen molar-refractivity contribution in [3.8, 4) is 17.0 Å². The van der Waals surface area contributed by atoms with Gasteiger partial charge < -0.3 is 14.7 Å². The SMILES string of the molecule is COc1ccc(N2CCN(CCCCCO)C2)nc1-c1ccc2c(c1)C(C)(C)CCC2(C)C. The monoisotopic (exact) mass is 451 g/mol. The van der Waals surface area contributed by atoms with Gasteiger partial charge in [0, 0.05) is 25.3 Å². The molecule has 33 heavy (non-hydrogen) atoms. The molecule has 5 nitrogen and oxygen atoms in total. The summed E-state index contributed by atoms with van der Waals surface area (Å²) in [6.45, 7) is 13.8. The topological polar surface area (TPSA) is 48.8 Å². The molecule has 180 valence electrons. The van der Waals surface area contributed by atoms with Crippen LogP contribution >= 0.6 is 0 Å². The van der Waals surface area contributed by atoms with Crippen molar-refractivity contribution in [2.75, 3.05) is 44.9 Å². The van der Waals surface area contributed by atoms with Crippen LogP contribution in [0.5, 0.6) is 5.75 Å². The summed E-state index contributed by atoms with van der Waals surface area (Å²) in [5.41, 5.74) is 5.35. The maximum Gasteiger partial charge on any atom is 0.145 e. The van der Waals surface area contributed by atoms with E-state index >= 15 is 0 Å². The zero-order valence-corrected chi connectivity index (χ0v) is 21.2. The van der Waals surface area contributed by atoms with E-state index in [-0.39, 0.29) is 10.8 Å². The fourth-order valence-corrected chi connectivity index (χ4v) is 5.36. The Hall–Kier alpha value is -2.11. The minimum absolute atomic E-state index is 0.164. The summed E-state index contributed by atoms with van der Waals surface area (Å²) in [4.78, 5) is 9.95. The maximum atomic E-state index is 8.99. The van der Waals surface area contributed by atoms with Crippen molar-refractivity contribution in [1.82, 2.24) is 9.88 Å². The van der Waals surface area contributed by atoms with Gasteiger partial charge in [0.05, 0.1) is 13.8 Å². The van der Waals surface area contributed by atoms with Crippen molar-refractivity contribution >= 4 is 5.82 Å². The number of fused-ring (bicyclic) bond motifs is 1. The number of methoxy groups -OCH3 is 1. The number of aliphatic hydroxyl groups excluding tert-OH is 1. The summed E-state index contributed by atoms with van der Waals surface area (Å²) >= 11 is 0. The molecule has 0 amide bonds. The lowest BCUT2D eigenvalue weighted by Crippen LogP contribution is -2.33. The molecule has 2 aromatic rings. The normalized spacial score (nSPS) is 19.5. The van der Waals surface area contributed by atoms with Crippen LogP contribution in [-0.2, 0) is 10.8 Å². The van der Waals surface area contributed by atoms with Crippen molar-refractivity contribution in [2.24, 2.45) is 0 Å². The summed E-state index contributed by atoms with van der Waals surface area (Å²) in [5, 5.41) is 8.99. The lowest BCUT2D eigenvalue weighted by Gasteiger charge is -2.42. The molecule has 2 heterocycles. The van der Waals surface area contributed by atoms with Crippen LogP contribution in [0.2, 0.25) is 0 Å². The minimum atomic E-state index is 0.164. The van der Waals surface area contributed by atoms with E-state index in [9.17, 15) is 0 Å². The lowest BCUT2D eigenvalue weighted by molar-refractivity contribution is 0.273. The van der Waals surface area contributed by atoms with Crippen molar-refractivity contribution < 1.29 is 9.84 Å². The molecule has 1 fully saturated rings. The van der Waals surface area contributed by atoms with Crippen LogP contribution in [0.15, 0.2) is 30.3 Å². The Balaban J connectivity index is 1.60. The Labute approximate surface area is 199 Å². The zero-order valence-electron chi connectivity index (χ0n) is 21.2. The molecule has 5 heteroatoms. The number of nitrogens with zero attached hydrogens (tertiary/aromatic N) is 3. The standard InChI is InChI=1S/C28H41N3O2/c1-27(2)13-14-28(3,4)23-19-21(9-10-22(23)27)26-24(33-5)11-12-25(29-26)31-17-16-30(20-31)15-7-6-8-18-32/h9-12,19,32H,6-8,13-18,20H2,1-5H3. The van der Waals surface area contributed by atoms with Crippen LogP contribution in [0.25, 0.3) is 11.3 Å². The van der Waals surface area contributed by atoms with Crippen LogP contribution < -0.4 is 9.64 Å². The number of aromatic nitrogens is 1. The van der Waals surface area contributed by atoms with E-state index in [1.54, 1.807) is 7.11 Å². The fraction of sp³-hybridized carbons (Fsp3) is 0.607. The van der Waals surface area contributed by atoms with Gasteiger partial charge in [0.2, 0.25) is 0 Å². The predicted molar refractivity (Wildman–Crippen MR) is 136 cm³/mol. The first-order valence-electron chi connectivity index (χ1n) is 12.5.